The van der Waals surface area contributed by atoms with Crippen molar-refractivity contribution in [1.29, 1.82) is 0 Å². The Balaban J connectivity index is 1.95. The van der Waals surface area contributed by atoms with Crippen LogP contribution in [0.25, 0.3) is 0 Å². The highest BCUT2D eigenvalue weighted by Crippen LogP contribution is 2.36. The lowest BCUT2D eigenvalue weighted by molar-refractivity contribution is -0.0290. The Morgan fingerprint density at radius 2 is 2.11 bits per heavy atom. The Bertz CT molecular complexity index is 405. The molecule has 2 N–H and O–H groups in total. The van der Waals surface area contributed by atoms with E-state index in [4.69, 9.17) is 10.5 Å². The lowest BCUT2D eigenvalue weighted by atomic mass is 9.74. The van der Waals surface area contributed by atoms with E-state index in [0.29, 0.717) is 12.2 Å². The average Bonchev–Trinajstić information content (AvgIpc) is 2.32. The van der Waals surface area contributed by atoms with Gasteiger partial charge in [-0.3, -0.25) is 0 Å². The molecule has 1 saturated carbocycles. The van der Waals surface area contributed by atoms with Gasteiger partial charge in [0, 0.05) is 11.6 Å². The Morgan fingerprint density at radius 3 is 2.83 bits per heavy atom. The smallest absolute Gasteiger partial charge is 0.128 e. The summed E-state index contributed by atoms with van der Waals surface area (Å²) in [6, 6.07) is 6.81. The number of rotatable bonds is 3. The summed E-state index contributed by atoms with van der Waals surface area (Å²) in [6.45, 7) is 4.78. The van der Waals surface area contributed by atoms with E-state index < -0.39 is 0 Å². The number of halogens is 1. The molecule has 0 saturated heterocycles. The third-order valence-corrected chi connectivity index (χ3v) is 3.80. The average molecular weight is 251 g/mol. The molecular formula is C15H22FNO. The van der Waals surface area contributed by atoms with E-state index >= 15 is 0 Å². The fourth-order valence-electron chi connectivity index (χ4n) is 2.54. The number of hydrogen-bond acceptors (Lipinski definition) is 2. The molecule has 18 heavy (non-hydrogen) atoms. The number of ether oxygens (including phenoxy) is 1. The predicted molar refractivity (Wildman–Crippen MR) is 70.6 cm³/mol. The van der Waals surface area contributed by atoms with Gasteiger partial charge in [-0.05, 0) is 30.7 Å². The molecule has 2 rings (SSSR count). The van der Waals surface area contributed by atoms with Crippen molar-refractivity contribution in [2.24, 2.45) is 11.1 Å². The third-order valence-electron chi connectivity index (χ3n) is 3.80. The van der Waals surface area contributed by atoms with Crippen LogP contribution in [0.3, 0.4) is 0 Å². The van der Waals surface area contributed by atoms with E-state index in [1.807, 2.05) is 6.07 Å². The molecule has 0 spiro atoms. The standard InChI is InChI=1S/C15H22FNO/c1-15(2)8-7-13(17)14(9-15)18-10-11-5-3-4-6-12(11)16/h3-6,13-14H,7-10,17H2,1-2H3. The van der Waals surface area contributed by atoms with Gasteiger partial charge in [0.05, 0.1) is 12.7 Å². The molecule has 1 aromatic carbocycles. The fourth-order valence-corrected chi connectivity index (χ4v) is 2.54. The van der Waals surface area contributed by atoms with Crippen LogP contribution in [0.15, 0.2) is 24.3 Å². The maximum atomic E-state index is 13.5. The van der Waals surface area contributed by atoms with Gasteiger partial charge in [0.25, 0.3) is 0 Å². The van der Waals surface area contributed by atoms with Crippen molar-refractivity contribution >= 4 is 0 Å². The molecule has 2 nitrogen and oxygen atoms in total. The second-order valence-corrected chi connectivity index (χ2v) is 6.01. The molecule has 0 amide bonds. The zero-order valence-electron chi connectivity index (χ0n) is 11.2. The minimum atomic E-state index is -0.207. The van der Waals surface area contributed by atoms with E-state index in [1.54, 1.807) is 12.1 Å². The minimum absolute atomic E-state index is 0.0355. The normalized spacial score (nSPS) is 27.1. The van der Waals surface area contributed by atoms with Crippen molar-refractivity contribution in [3.05, 3.63) is 35.6 Å². The van der Waals surface area contributed by atoms with Crippen LogP contribution >= 0.6 is 0 Å². The lowest BCUT2D eigenvalue weighted by Crippen LogP contribution is -2.44. The highest BCUT2D eigenvalue weighted by atomic mass is 19.1. The minimum Gasteiger partial charge on any atom is -0.372 e. The van der Waals surface area contributed by atoms with Gasteiger partial charge in [0.15, 0.2) is 0 Å². The van der Waals surface area contributed by atoms with Gasteiger partial charge in [-0.1, -0.05) is 32.0 Å². The van der Waals surface area contributed by atoms with Crippen LogP contribution in [0.4, 0.5) is 4.39 Å². The topological polar surface area (TPSA) is 35.2 Å². The second kappa shape index (κ2) is 5.37. The van der Waals surface area contributed by atoms with E-state index in [0.717, 1.165) is 19.3 Å². The number of nitrogens with two attached hydrogens (primary N) is 1. The third kappa shape index (κ3) is 3.30. The molecule has 2 atom stereocenters. The van der Waals surface area contributed by atoms with Crippen LogP contribution in [0, 0.1) is 11.2 Å². The van der Waals surface area contributed by atoms with Gasteiger partial charge in [0.2, 0.25) is 0 Å². The first kappa shape index (κ1) is 13.5. The second-order valence-electron chi connectivity index (χ2n) is 6.01. The van der Waals surface area contributed by atoms with Gasteiger partial charge in [-0.25, -0.2) is 4.39 Å². The van der Waals surface area contributed by atoms with Crippen LogP contribution in [-0.4, -0.2) is 12.1 Å². The van der Waals surface area contributed by atoms with Crippen molar-refractivity contribution in [3.63, 3.8) is 0 Å². The first-order valence-corrected chi connectivity index (χ1v) is 6.58. The van der Waals surface area contributed by atoms with Crippen molar-refractivity contribution < 1.29 is 9.13 Å². The van der Waals surface area contributed by atoms with Crippen molar-refractivity contribution in [2.45, 2.75) is 51.9 Å². The monoisotopic (exact) mass is 251 g/mol. The maximum absolute atomic E-state index is 13.5. The molecule has 0 aromatic heterocycles. The summed E-state index contributed by atoms with van der Waals surface area (Å²) in [6.07, 6.45) is 3.10. The van der Waals surface area contributed by atoms with Crippen LogP contribution in [0.2, 0.25) is 0 Å². The molecule has 0 bridgehead atoms. The van der Waals surface area contributed by atoms with E-state index in [1.165, 1.54) is 6.07 Å². The molecule has 3 heteroatoms. The summed E-state index contributed by atoms with van der Waals surface area (Å²) >= 11 is 0. The number of hydrogen-bond donors (Lipinski definition) is 1. The van der Waals surface area contributed by atoms with Crippen molar-refractivity contribution in [1.82, 2.24) is 0 Å². The van der Waals surface area contributed by atoms with E-state index in [9.17, 15) is 4.39 Å². The van der Waals surface area contributed by atoms with Gasteiger partial charge in [0.1, 0.15) is 5.82 Å². The Hall–Kier alpha value is -0.930. The SMILES string of the molecule is CC1(C)CCC(N)C(OCc2ccccc2F)C1. The van der Waals surface area contributed by atoms with E-state index in [2.05, 4.69) is 13.8 Å². The highest BCUT2D eigenvalue weighted by molar-refractivity contribution is 5.16. The molecule has 1 aliphatic carbocycles. The molecule has 0 aliphatic heterocycles. The van der Waals surface area contributed by atoms with Gasteiger partial charge in [-0.15, -0.1) is 0 Å². The Kier molecular flexibility index (Phi) is 4.03. The Morgan fingerprint density at radius 1 is 1.39 bits per heavy atom. The fraction of sp³-hybridized carbons (Fsp3) is 0.600. The first-order valence-electron chi connectivity index (χ1n) is 6.58. The highest BCUT2D eigenvalue weighted by Gasteiger charge is 2.33. The largest absolute Gasteiger partial charge is 0.372 e. The lowest BCUT2D eigenvalue weighted by Gasteiger charge is -2.39. The predicted octanol–water partition coefficient (Wildman–Crippen LogP) is 3.25. The summed E-state index contributed by atoms with van der Waals surface area (Å²) in [4.78, 5) is 0. The van der Waals surface area contributed by atoms with E-state index in [-0.39, 0.29) is 23.4 Å². The zero-order chi connectivity index (χ0) is 13.2. The Labute approximate surface area is 108 Å². The summed E-state index contributed by atoms with van der Waals surface area (Å²) in [7, 11) is 0. The van der Waals surface area contributed by atoms with Crippen LogP contribution < -0.4 is 5.73 Å². The number of benzene rings is 1. The summed E-state index contributed by atoms with van der Waals surface area (Å²) < 4.78 is 19.3. The first-order chi connectivity index (χ1) is 8.48. The maximum Gasteiger partial charge on any atom is 0.128 e. The summed E-state index contributed by atoms with van der Waals surface area (Å²) in [5, 5.41) is 0. The zero-order valence-corrected chi connectivity index (χ0v) is 11.2. The van der Waals surface area contributed by atoms with Crippen LogP contribution in [0.1, 0.15) is 38.7 Å². The van der Waals surface area contributed by atoms with Gasteiger partial charge < -0.3 is 10.5 Å². The molecule has 0 heterocycles. The summed E-state index contributed by atoms with van der Waals surface area (Å²) in [5.74, 6) is -0.207. The summed E-state index contributed by atoms with van der Waals surface area (Å²) in [5.41, 5.74) is 6.96. The molecule has 100 valence electrons. The van der Waals surface area contributed by atoms with Crippen molar-refractivity contribution in [3.8, 4) is 0 Å². The molecule has 1 aromatic rings. The van der Waals surface area contributed by atoms with Crippen LogP contribution in [0.5, 0.6) is 0 Å². The molecular weight excluding hydrogens is 229 g/mol. The van der Waals surface area contributed by atoms with Crippen LogP contribution in [-0.2, 0) is 11.3 Å². The van der Waals surface area contributed by atoms with Gasteiger partial charge >= 0.3 is 0 Å². The molecule has 0 radical (unpaired) electrons. The molecule has 1 fully saturated rings. The van der Waals surface area contributed by atoms with Crippen molar-refractivity contribution in [2.75, 3.05) is 0 Å². The quantitative estimate of drug-likeness (QED) is 0.895. The molecule has 1 aliphatic rings. The van der Waals surface area contributed by atoms with Gasteiger partial charge in [-0.2, -0.15) is 0 Å². The molecule has 2 unspecified atom stereocenters.